The van der Waals surface area contributed by atoms with Crippen molar-refractivity contribution in [2.24, 2.45) is 0 Å². The standard InChI is InChI=1S/C21H19N4O6P/c26-21-20-19(23-12-24(21)13-30-32(27,28)29)17(11-25(20)15-4-2-1-3-5-15)14-6-9-18(22-10-14)31-16-7-8-16/h1-6,9-12,16H,7-8,13H2,(H2,27,28,29). The molecule has 5 rings (SSSR count). The van der Waals surface area contributed by atoms with E-state index in [2.05, 4.69) is 14.5 Å². The van der Waals surface area contributed by atoms with Crippen LogP contribution in [0.25, 0.3) is 27.8 Å². The van der Waals surface area contributed by atoms with Gasteiger partial charge in [0.2, 0.25) is 5.88 Å². The van der Waals surface area contributed by atoms with Gasteiger partial charge >= 0.3 is 7.82 Å². The van der Waals surface area contributed by atoms with E-state index in [4.69, 9.17) is 14.5 Å². The molecule has 1 fully saturated rings. The van der Waals surface area contributed by atoms with E-state index in [0.29, 0.717) is 17.0 Å². The van der Waals surface area contributed by atoms with Gasteiger partial charge in [-0.15, -0.1) is 0 Å². The summed E-state index contributed by atoms with van der Waals surface area (Å²) in [5.74, 6) is 0.549. The first kappa shape index (κ1) is 20.6. The van der Waals surface area contributed by atoms with Gasteiger partial charge in [0.15, 0.2) is 0 Å². The van der Waals surface area contributed by atoms with E-state index in [1.807, 2.05) is 36.4 Å². The fourth-order valence-electron chi connectivity index (χ4n) is 3.35. The number of fused-ring (bicyclic) bond motifs is 1. The molecule has 0 spiro atoms. The molecule has 1 aliphatic rings. The number of phosphoric ester groups is 1. The summed E-state index contributed by atoms with van der Waals surface area (Å²) in [6, 6.07) is 12.9. The number of nitrogens with zero attached hydrogens (tertiary/aromatic N) is 4. The molecule has 0 amide bonds. The van der Waals surface area contributed by atoms with E-state index >= 15 is 0 Å². The first-order valence-corrected chi connectivity index (χ1v) is 11.4. The van der Waals surface area contributed by atoms with Crippen molar-refractivity contribution in [1.29, 1.82) is 0 Å². The molecule has 0 unspecified atom stereocenters. The van der Waals surface area contributed by atoms with Crippen molar-refractivity contribution < 1.29 is 23.6 Å². The Hall–Kier alpha value is -3.30. The van der Waals surface area contributed by atoms with Gasteiger partial charge < -0.3 is 19.1 Å². The van der Waals surface area contributed by atoms with Crippen molar-refractivity contribution in [1.82, 2.24) is 19.1 Å². The number of hydrogen-bond acceptors (Lipinski definition) is 6. The zero-order chi connectivity index (χ0) is 22.3. The summed E-state index contributed by atoms with van der Waals surface area (Å²) in [5.41, 5.74) is 2.36. The Morgan fingerprint density at radius 3 is 2.53 bits per heavy atom. The maximum atomic E-state index is 13.2. The lowest BCUT2D eigenvalue weighted by molar-refractivity contribution is 0.151. The van der Waals surface area contributed by atoms with Gasteiger partial charge in [0.25, 0.3) is 5.56 Å². The van der Waals surface area contributed by atoms with Crippen LogP contribution < -0.4 is 10.3 Å². The number of rotatable bonds is 7. The van der Waals surface area contributed by atoms with Gasteiger partial charge in [-0.3, -0.25) is 13.9 Å². The van der Waals surface area contributed by atoms with Crippen molar-refractivity contribution in [3.63, 3.8) is 0 Å². The van der Waals surface area contributed by atoms with Crippen LogP contribution in [0, 0.1) is 0 Å². The van der Waals surface area contributed by atoms with Crippen molar-refractivity contribution in [2.45, 2.75) is 25.7 Å². The van der Waals surface area contributed by atoms with Crippen LogP contribution in [0.1, 0.15) is 12.8 Å². The fraction of sp³-hybridized carbons (Fsp3) is 0.190. The van der Waals surface area contributed by atoms with Gasteiger partial charge in [0.1, 0.15) is 30.2 Å². The van der Waals surface area contributed by atoms with Crippen molar-refractivity contribution >= 4 is 18.9 Å². The zero-order valence-corrected chi connectivity index (χ0v) is 17.6. The van der Waals surface area contributed by atoms with Crippen LogP contribution in [-0.2, 0) is 15.8 Å². The molecule has 1 aliphatic carbocycles. The van der Waals surface area contributed by atoms with Gasteiger partial charge in [-0.2, -0.15) is 0 Å². The Labute approximate surface area is 181 Å². The second kappa shape index (κ2) is 7.99. The molecule has 0 radical (unpaired) electrons. The molecule has 11 heteroatoms. The number of pyridine rings is 1. The first-order chi connectivity index (χ1) is 15.4. The molecule has 164 valence electrons. The molecule has 10 nitrogen and oxygen atoms in total. The molecule has 3 aromatic heterocycles. The molecule has 2 N–H and O–H groups in total. The summed E-state index contributed by atoms with van der Waals surface area (Å²) in [6.45, 7) is -0.629. The fourth-order valence-corrected chi connectivity index (χ4v) is 3.62. The molecule has 1 aromatic carbocycles. The molecule has 0 aliphatic heterocycles. The Bertz CT molecular complexity index is 1370. The predicted molar refractivity (Wildman–Crippen MR) is 115 cm³/mol. The molecule has 4 aromatic rings. The average Bonchev–Trinajstić information content (AvgIpc) is 3.50. The van der Waals surface area contributed by atoms with Crippen molar-refractivity contribution in [2.75, 3.05) is 0 Å². The van der Waals surface area contributed by atoms with E-state index < -0.39 is 20.1 Å². The molecule has 0 atom stereocenters. The van der Waals surface area contributed by atoms with E-state index in [0.717, 1.165) is 28.7 Å². The minimum atomic E-state index is -4.75. The molecular weight excluding hydrogens is 435 g/mol. The molecular formula is C21H19N4O6P. The first-order valence-electron chi connectivity index (χ1n) is 9.88. The molecule has 32 heavy (non-hydrogen) atoms. The van der Waals surface area contributed by atoms with Crippen LogP contribution in [0.4, 0.5) is 0 Å². The van der Waals surface area contributed by atoms with Crippen LogP contribution in [0.15, 0.2) is 66.0 Å². The Morgan fingerprint density at radius 2 is 1.88 bits per heavy atom. The van der Waals surface area contributed by atoms with E-state index in [-0.39, 0.29) is 11.6 Å². The number of phosphoric acid groups is 1. The summed E-state index contributed by atoms with van der Waals surface area (Å²) >= 11 is 0. The molecule has 1 saturated carbocycles. The van der Waals surface area contributed by atoms with Crippen LogP contribution >= 0.6 is 7.82 Å². The van der Waals surface area contributed by atoms with Gasteiger partial charge in [0.05, 0.1) is 0 Å². The minimum Gasteiger partial charge on any atom is -0.474 e. The maximum absolute atomic E-state index is 13.2. The second-order valence-electron chi connectivity index (χ2n) is 7.42. The number of benzene rings is 1. The van der Waals surface area contributed by atoms with Gasteiger partial charge in [-0.1, -0.05) is 18.2 Å². The second-order valence-corrected chi connectivity index (χ2v) is 8.66. The SMILES string of the molecule is O=c1c2c(ncn1COP(=O)(O)O)c(-c1ccc(OC3CC3)nc1)cn2-c1ccccc1. The highest BCUT2D eigenvalue weighted by Crippen LogP contribution is 2.36. The monoisotopic (exact) mass is 454 g/mol. The number of aromatic nitrogens is 4. The average molecular weight is 454 g/mol. The molecule has 3 heterocycles. The Kier molecular flexibility index (Phi) is 5.15. The largest absolute Gasteiger partial charge is 0.474 e. The van der Waals surface area contributed by atoms with Gasteiger partial charge in [0, 0.05) is 35.3 Å². The van der Waals surface area contributed by atoms with Crippen LogP contribution in [0.3, 0.4) is 0 Å². The maximum Gasteiger partial charge on any atom is 0.471 e. The molecule has 0 saturated heterocycles. The van der Waals surface area contributed by atoms with Crippen LogP contribution in [-0.4, -0.2) is 35.0 Å². The lowest BCUT2D eigenvalue weighted by Crippen LogP contribution is -2.23. The highest BCUT2D eigenvalue weighted by atomic mass is 31.2. The third-order valence-electron chi connectivity index (χ3n) is 5.03. The van der Waals surface area contributed by atoms with Crippen molar-refractivity contribution in [3.8, 4) is 22.7 Å². The summed E-state index contributed by atoms with van der Waals surface area (Å²) in [6.07, 6.45) is 6.99. The smallest absolute Gasteiger partial charge is 0.471 e. The lowest BCUT2D eigenvalue weighted by atomic mass is 10.1. The zero-order valence-electron chi connectivity index (χ0n) is 16.7. The number of hydrogen-bond donors (Lipinski definition) is 2. The Morgan fingerprint density at radius 1 is 1.09 bits per heavy atom. The topological polar surface area (TPSA) is 129 Å². The summed E-state index contributed by atoms with van der Waals surface area (Å²) in [5, 5.41) is 0. The lowest BCUT2D eigenvalue weighted by Gasteiger charge is -2.09. The molecule has 0 bridgehead atoms. The van der Waals surface area contributed by atoms with Crippen LogP contribution in [0.2, 0.25) is 0 Å². The van der Waals surface area contributed by atoms with E-state index in [9.17, 15) is 9.36 Å². The highest BCUT2D eigenvalue weighted by molar-refractivity contribution is 7.46. The van der Waals surface area contributed by atoms with Gasteiger partial charge in [-0.05, 0) is 31.0 Å². The van der Waals surface area contributed by atoms with Crippen molar-refractivity contribution in [3.05, 3.63) is 71.5 Å². The van der Waals surface area contributed by atoms with Crippen LogP contribution in [0.5, 0.6) is 5.88 Å². The summed E-state index contributed by atoms with van der Waals surface area (Å²) in [7, 11) is -4.75. The minimum absolute atomic E-state index is 0.240. The summed E-state index contributed by atoms with van der Waals surface area (Å²) in [4.78, 5) is 39.9. The number of para-hydroxylation sites is 1. The summed E-state index contributed by atoms with van der Waals surface area (Å²) < 4.78 is 24.0. The van der Waals surface area contributed by atoms with Gasteiger partial charge in [-0.25, -0.2) is 14.5 Å². The predicted octanol–water partition coefficient (Wildman–Crippen LogP) is 2.86. The Balaban J connectivity index is 1.63. The third-order valence-corrected chi connectivity index (χ3v) is 5.48. The normalized spacial score (nSPS) is 14.1. The van der Waals surface area contributed by atoms with E-state index in [1.54, 1.807) is 23.0 Å². The quantitative estimate of drug-likeness (QED) is 0.408. The van der Waals surface area contributed by atoms with E-state index in [1.165, 1.54) is 6.33 Å². The highest BCUT2D eigenvalue weighted by Gasteiger charge is 2.24. The number of ether oxygens (including phenoxy) is 1. The third kappa shape index (κ3) is 4.21.